The number of benzene rings is 1. The molecule has 2 aliphatic rings. The zero-order chi connectivity index (χ0) is 14.4. The van der Waals surface area contributed by atoms with Crippen molar-refractivity contribution >= 4 is 27.5 Å². The predicted octanol–water partition coefficient (Wildman–Crippen LogP) is 3.38. The normalized spacial score (nSPS) is 31.6. The third-order valence-corrected chi connectivity index (χ3v) is 5.49. The number of hydrogen-bond donors (Lipinski definition) is 2. The molecule has 1 aromatic rings. The van der Waals surface area contributed by atoms with Crippen LogP contribution in [-0.4, -0.2) is 11.9 Å². The van der Waals surface area contributed by atoms with E-state index in [2.05, 4.69) is 21.2 Å². The number of halogens is 1. The summed E-state index contributed by atoms with van der Waals surface area (Å²) in [6, 6.07) is 4.11. The monoisotopic (exact) mass is 336 g/mol. The summed E-state index contributed by atoms with van der Waals surface area (Å²) in [6.45, 7) is 4.04. The lowest BCUT2D eigenvalue weighted by atomic mass is 9.84. The zero-order valence-corrected chi connectivity index (χ0v) is 13.5. The van der Waals surface area contributed by atoms with Crippen LogP contribution in [0, 0.1) is 31.6 Å². The minimum absolute atomic E-state index is 0.00352. The Bertz CT molecular complexity index is 532. The number of hydrogen-bond acceptors (Lipinski definition) is 2. The van der Waals surface area contributed by atoms with E-state index in [1.54, 1.807) is 0 Å². The Morgan fingerprint density at radius 3 is 2.40 bits per heavy atom. The van der Waals surface area contributed by atoms with Crippen LogP contribution in [0.25, 0.3) is 0 Å². The fourth-order valence-corrected chi connectivity index (χ4v) is 4.73. The van der Waals surface area contributed by atoms with E-state index in [4.69, 9.17) is 5.73 Å². The molecule has 2 saturated carbocycles. The largest absolute Gasteiger partial charge is 0.327 e. The predicted molar refractivity (Wildman–Crippen MR) is 84.5 cm³/mol. The summed E-state index contributed by atoms with van der Waals surface area (Å²) in [6.07, 6.45) is 3.50. The Kier molecular flexibility index (Phi) is 3.63. The quantitative estimate of drug-likeness (QED) is 0.869. The van der Waals surface area contributed by atoms with Gasteiger partial charge in [-0.15, -0.1) is 0 Å². The maximum Gasteiger partial charge on any atom is 0.229 e. The van der Waals surface area contributed by atoms with Crippen molar-refractivity contribution in [3.05, 3.63) is 27.7 Å². The summed E-state index contributed by atoms with van der Waals surface area (Å²) in [5.74, 6) is 1.16. The van der Waals surface area contributed by atoms with Crippen molar-refractivity contribution < 1.29 is 4.79 Å². The minimum atomic E-state index is -0.00352. The van der Waals surface area contributed by atoms with Crippen molar-refractivity contribution in [3.63, 3.8) is 0 Å². The first-order valence-corrected chi connectivity index (χ1v) is 8.10. The van der Waals surface area contributed by atoms with Crippen molar-refractivity contribution in [1.82, 2.24) is 0 Å². The number of rotatable bonds is 2. The van der Waals surface area contributed by atoms with Gasteiger partial charge in [-0.05, 0) is 68.2 Å². The molecule has 3 rings (SSSR count). The van der Waals surface area contributed by atoms with Gasteiger partial charge >= 0.3 is 0 Å². The van der Waals surface area contributed by atoms with Crippen molar-refractivity contribution in [2.45, 2.75) is 39.2 Å². The van der Waals surface area contributed by atoms with Gasteiger partial charge in [0.15, 0.2) is 0 Å². The standard InChI is InChI=1S/C16H21BrN2O/c1-8-5-12(17)6-9(2)15(8)19-16(20)13-10-3-4-11(7-10)14(13)18/h5-6,10-11,13-14H,3-4,7,18H2,1-2H3,(H,19,20). The van der Waals surface area contributed by atoms with Crippen LogP contribution in [0.15, 0.2) is 16.6 Å². The average Bonchev–Trinajstić information content (AvgIpc) is 2.94. The SMILES string of the molecule is Cc1cc(Br)cc(C)c1NC(=O)C1C2CCC(C2)C1N. The Morgan fingerprint density at radius 2 is 1.85 bits per heavy atom. The van der Waals surface area contributed by atoms with Crippen LogP contribution >= 0.6 is 15.9 Å². The highest BCUT2D eigenvalue weighted by Crippen LogP contribution is 2.48. The topological polar surface area (TPSA) is 55.1 Å². The maximum absolute atomic E-state index is 12.6. The number of nitrogens with two attached hydrogens (primary N) is 1. The highest BCUT2D eigenvalue weighted by molar-refractivity contribution is 9.10. The van der Waals surface area contributed by atoms with E-state index in [1.807, 2.05) is 26.0 Å². The maximum atomic E-state index is 12.6. The van der Waals surface area contributed by atoms with Gasteiger partial charge in [0, 0.05) is 16.2 Å². The molecule has 0 radical (unpaired) electrons. The minimum Gasteiger partial charge on any atom is -0.327 e. The molecule has 4 heteroatoms. The van der Waals surface area contributed by atoms with Crippen LogP contribution in [0.3, 0.4) is 0 Å². The molecule has 3 N–H and O–H groups in total. The van der Waals surface area contributed by atoms with Gasteiger partial charge in [0.05, 0.1) is 5.92 Å². The summed E-state index contributed by atoms with van der Waals surface area (Å²) >= 11 is 3.48. The highest BCUT2D eigenvalue weighted by atomic mass is 79.9. The molecule has 20 heavy (non-hydrogen) atoms. The van der Waals surface area contributed by atoms with Crippen LogP contribution in [0.2, 0.25) is 0 Å². The van der Waals surface area contributed by atoms with Gasteiger partial charge in [-0.25, -0.2) is 0 Å². The van der Waals surface area contributed by atoms with Gasteiger partial charge in [-0.2, -0.15) is 0 Å². The second kappa shape index (κ2) is 5.15. The van der Waals surface area contributed by atoms with Crippen LogP contribution < -0.4 is 11.1 Å². The Labute approximate surface area is 128 Å². The number of carbonyl (C=O) groups is 1. The first-order valence-electron chi connectivity index (χ1n) is 7.30. The molecule has 0 aromatic heterocycles. The first kappa shape index (κ1) is 14.1. The van der Waals surface area contributed by atoms with Gasteiger partial charge in [0.1, 0.15) is 0 Å². The van der Waals surface area contributed by atoms with E-state index in [0.717, 1.165) is 34.1 Å². The molecule has 108 valence electrons. The molecule has 2 aliphatic carbocycles. The molecule has 0 aliphatic heterocycles. The van der Waals surface area contributed by atoms with E-state index >= 15 is 0 Å². The summed E-state index contributed by atoms with van der Waals surface area (Å²) in [4.78, 5) is 12.6. The summed E-state index contributed by atoms with van der Waals surface area (Å²) < 4.78 is 1.04. The second-order valence-electron chi connectivity index (χ2n) is 6.34. The van der Waals surface area contributed by atoms with Gasteiger partial charge < -0.3 is 11.1 Å². The molecule has 0 spiro atoms. The summed E-state index contributed by atoms with van der Waals surface area (Å²) in [7, 11) is 0. The molecule has 3 nitrogen and oxygen atoms in total. The van der Waals surface area contributed by atoms with E-state index in [9.17, 15) is 4.79 Å². The lowest BCUT2D eigenvalue weighted by Gasteiger charge is -2.27. The fourth-order valence-electron chi connectivity index (χ4n) is 4.04. The van der Waals surface area contributed by atoms with Crippen LogP contribution in [-0.2, 0) is 4.79 Å². The smallest absolute Gasteiger partial charge is 0.229 e. The number of fused-ring (bicyclic) bond motifs is 2. The van der Waals surface area contributed by atoms with Crippen molar-refractivity contribution in [2.75, 3.05) is 5.32 Å². The van der Waals surface area contributed by atoms with Crippen LogP contribution in [0.5, 0.6) is 0 Å². The van der Waals surface area contributed by atoms with E-state index in [-0.39, 0.29) is 17.9 Å². The molecule has 2 bridgehead atoms. The van der Waals surface area contributed by atoms with E-state index in [1.165, 1.54) is 6.42 Å². The molecule has 0 saturated heterocycles. The Hall–Kier alpha value is -0.870. The van der Waals surface area contributed by atoms with Crippen molar-refractivity contribution in [2.24, 2.45) is 23.5 Å². The molecule has 1 amide bonds. The third-order valence-electron chi connectivity index (χ3n) is 5.03. The van der Waals surface area contributed by atoms with Crippen LogP contribution in [0.4, 0.5) is 5.69 Å². The lowest BCUT2D eigenvalue weighted by molar-refractivity contribution is -0.121. The molecule has 0 heterocycles. The molecule has 4 unspecified atom stereocenters. The Balaban J connectivity index is 1.80. The fraction of sp³-hybridized carbons (Fsp3) is 0.562. The van der Waals surface area contributed by atoms with Gasteiger partial charge in [0.25, 0.3) is 0 Å². The van der Waals surface area contributed by atoms with E-state index < -0.39 is 0 Å². The molecular formula is C16H21BrN2O. The van der Waals surface area contributed by atoms with Gasteiger partial charge in [-0.1, -0.05) is 15.9 Å². The molecule has 1 aromatic carbocycles. The number of nitrogens with one attached hydrogen (secondary N) is 1. The van der Waals surface area contributed by atoms with Crippen molar-refractivity contribution in [1.29, 1.82) is 0 Å². The molecule has 2 fully saturated rings. The second-order valence-corrected chi connectivity index (χ2v) is 7.26. The third kappa shape index (κ3) is 2.29. The van der Waals surface area contributed by atoms with Gasteiger partial charge in [0.2, 0.25) is 5.91 Å². The number of aryl methyl sites for hydroxylation is 2. The van der Waals surface area contributed by atoms with E-state index in [0.29, 0.717) is 11.8 Å². The summed E-state index contributed by atoms with van der Waals surface area (Å²) in [5, 5.41) is 3.12. The lowest BCUT2D eigenvalue weighted by Crippen LogP contribution is -2.42. The Morgan fingerprint density at radius 1 is 1.25 bits per heavy atom. The zero-order valence-electron chi connectivity index (χ0n) is 11.9. The van der Waals surface area contributed by atoms with Crippen LogP contribution in [0.1, 0.15) is 30.4 Å². The average molecular weight is 337 g/mol. The number of amides is 1. The van der Waals surface area contributed by atoms with Crippen molar-refractivity contribution in [3.8, 4) is 0 Å². The first-order chi connectivity index (χ1) is 9.47. The number of anilines is 1. The number of carbonyl (C=O) groups excluding carboxylic acids is 1. The molecular weight excluding hydrogens is 316 g/mol. The van der Waals surface area contributed by atoms with Gasteiger partial charge in [-0.3, -0.25) is 4.79 Å². The molecule has 4 atom stereocenters. The summed E-state index contributed by atoms with van der Waals surface area (Å²) in [5.41, 5.74) is 9.36. The highest BCUT2D eigenvalue weighted by Gasteiger charge is 2.49.